The van der Waals surface area contributed by atoms with Crippen molar-refractivity contribution in [2.45, 2.75) is 51.6 Å². The predicted octanol–water partition coefficient (Wildman–Crippen LogP) is 3.84. The van der Waals surface area contributed by atoms with Gasteiger partial charge in [-0.2, -0.15) is 0 Å². The standard InChI is InChI=1S/C17H24O2/c1-13(17(19)15-9-3-2-4-10-15)11-16(18)12-14-7-5-6-8-14/h2-4,9-10,13-14,16,18H,5-8,11-12H2,1H3. The number of hydrogen-bond donors (Lipinski definition) is 1. The molecule has 1 aromatic carbocycles. The van der Waals surface area contributed by atoms with Crippen LogP contribution in [0.2, 0.25) is 0 Å². The van der Waals surface area contributed by atoms with E-state index in [0.717, 1.165) is 12.0 Å². The zero-order valence-corrected chi connectivity index (χ0v) is 11.7. The van der Waals surface area contributed by atoms with E-state index < -0.39 is 0 Å². The van der Waals surface area contributed by atoms with Gasteiger partial charge < -0.3 is 5.11 Å². The Hall–Kier alpha value is -1.15. The van der Waals surface area contributed by atoms with Crippen LogP contribution in [0.25, 0.3) is 0 Å². The molecule has 2 rings (SSSR count). The molecule has 1 saturated carbocycles. The molecular formula is C17H24O2. The monoisotopic (exact) mass is 260 g/mol. The Balaban J connectivity index is 1.82. The summed E-state index contributed by atoms with van der Waals surface area (Å²) in [6, 6.07) is 9.38. The molecule has 104 valence electrons. The molecule has 1 fully saturated rings. The van der Waals surface area contributed by atoms with Crippen LogP contribution in [-0.2, 0) is 0 Å². The van der Waals surface area contributed by atoms with Crippen molar-refractivity contribution in [2.24, 2.45) is 11.8 Å². The minimum Gasteiger partial charge on any atom is -0.393 e. The summed E-state index contributed by atoms with van der Waals surface area (Å²) in [6.07, 6.45) is 6.23. The van der Waals surface area contributed by atoms with Crippen molar-refractivity contribution in [3.05, 3.63) is 35.9 Å². The topological polar surface area (TPSA) is 37.3 Å². The molecule has 0 aliphatic heterocycles. The molecule has 0 radical (unpaired) electrons. The Morgan fingerprint density at radius 1 is 1.26 bits per heavy atom. The van der Waals surface area contributed by atoms with Gasteiger partial charge in [0, 0.05) is 11.5 Å². The number of carbonyl (C=O) groups excluding carboxylic acids is 1. The smallest absolute Gasteiger partial charge is 0.165 e. The van der Waals surface area contributed by atoms with Gasteiger partial charge >= 0.3 is 0 Å². The number of hydrogen-bond acceptors (Lipinski definition) is 2. The number of aliphatic hydroxyl groups excluding tert-OH is 1. The van der Waals surface area contributed by atoms with Gasteiger partial charge in [-0.3, -0.25) is 4.79 Å². The van der Waals surface area contributed by atoms with Crippen LogP contribution in [0, 0.1) is 11.8 Å². The molecule has 0 amide bonds. The predicted molar refractivity (Wildman–Crippen MR) is 77.1 cm³/mol. The quantitative estimate of drug-likeness (QED) is 0.789. The SMILES string of the molecule is CC(CC(O)CC1CCCC1)C(=O)c1ccccc1. The van der Waals surface area contributed by atoms with Gasteiger partial charge in [0.1, 0.15) is 0 Å². The molecule has 2 nitrogen and oxygen atoms in total. The first kappa shape index (κ1) is 14.3. The zero-order valence-electron chi connectivity index (χ0n) is 11.7. The zero-order chi connectivity index (χ0) is 13.7. The lowest BCUT2D eigenvalue weighted by Crippen LogP contribution is -2.20. The van der Waals surface area contributed by atoms with Crippen molar-refractivity contribution < 1.29 is 9.90 Å². The van der Waals surface area contributed by atoms with E-state index in [-0.39, 0.29) is 17.8 Å². The minimum atomic E-state index is -0.328. The van der Waals surface area contributed by atoms with Crippen LogP contribution < -0.4 is 0 Å². The first-order valence-corrected chi connectivity index (χ1v) is 7.44. The number of benzene rings is 1. The van der Waals surface area contributed by atoms with Crippen molar-refractivity contribution in [1.82, 2.24) is 0 Å². The Morgan fingerprint density at radius 3 is 2.53 bits per heavy atom. The lowest BCUT2D eigenvalue weighted by molar-refractivity contribution is 0.0811. The highest BCUT2D eigenvalue weighted by Crippen LogP contribution is 2.30. The van der Waals surface area contributed by atoms with E-state index in [1.54, 1.807) is 0 Å². The number of Topliss-reactive ketones (excluding diaryl/α,β-unsaturated/α-hetero) is 1. The summed E-state index contributed by atoms with van der Waals surface area (Å²) in [5.74, 6) is 0.721. The van der Waals surface area contributed by atoms with Crippen LogP contribution in [0.4, 0.5) is 0 Å². The Kier molecular flexibility index (Phi) is 5.15. The van der Waals surface area contributed by atoms with Gasteiger partial charge in [-0.05, 0) is 18.8 Å². The minimum absolute atomic E-state index is 0.0983. The molecule has 2 unspecified atom stereocenters. The molecule has 0 heterocycles. The molecular weight excluding hydrogens is 236 g/mol. The van der Waals surface area contributed by atoms with E-state index in [4.69, 9.17) is 0 Å². The fourth-order valence-corrected chi connectivity index (χ4v) is 3.13. The van der Waals surface area contributed by atoms with Gasteiger partial charge in [-0.25, -0.2) is 0 Å². The van der Waals surface area contributed by atoms with E-state index in [1.165, 1.54) is 25.7 Å². The molecule has 2 atom stereocenters. The number of carbonyl (C=O) groups is 1. The van der Waals surface area contributed by atoms with Crippen LogP contribution in [0.15, 0.2) is 30.3 Å². The average Bonchev–Trinajstić information content (AvgIpc) is 2.91. The lowest BCUT2D eigenvalue weighted by atomic mass is 9.90. The highest BCUT2D eigenvalue weighted by atomic mass is 16.3. The molecule has 1 N–H and O–H groups in total. The average molecular weight is 260 g/mol. The highest BCUT2D eigenvalue weighted by molar-refractivity contribution is 5.97. The number of ketones is 1. The van der Waals surface area contributed by atoms with Crippen molar-refractivity contribution in [1.29, 1.82) is 0 Å². The van der Waals surface area contributed by atoms with Crippen LogP contribution in [0.1, 0.15) is 55.8 Å². The van der Waals surface area contributed by atoms with Gasteiger partial charge in [-0.1, -0.05) is 62.9 Å². The van der Waals surface area contributed by atoms with Crippen molar-refractivity contribution in [3.63, 3.8) is 0 Å². The number of aliphatic hydroxyl groups is 1. The third-order valence-corrected chi connectivity index (χ3v) is 4.21. The van der Waals surface area contributed by atoms with E-state index in [2.05, 4.69) is 0 Å². The molecule has 0 bridgehead atoms. The molecule has 0 aromatic heterocycles. The van der Waals surface area contributed by atoms with Crippen LogP contribution >= 0.6 is 0 Å². The van der Waals surface area contributed by atoms with E-state index in [9.17, 15) is 9.90 Å². The Morgan fingerprint density at radius 2 is 1.89 bits per heavy atom. The van der Waals surface area contributed by atoms with Crippen molar-refractivity contribution in [3.8, 4) is 0 Å². The summed E-state index contributed by atoms with van der Waals surface area (Å²) < 4.78 is 0. The Bertz CT molecular complexity index is 393. The van der Waals surface area contributed by atoms with Crippen LogP contribution in [0.3, 0.4) is 0 Å². The largest absolute Gasteiger partial charge is 0.393 e. The first-order chi connectivity index (χ1) is 9.16. The molecule has 19 heavy (non-hydrogen) atoms. The van der Waals surface area contributed by atoms with Gasteiger partial charge in [0.25, 0.3) is 0 Å². The summed E-state index contributed by atoms with van der Waals surface area (Å²) in [6.45, 7) is 1.92. The van der Waals surface area contributed by atoms with E-state index >= 15 is 0 Å². The van der Waals surface area contributed by atoms with E-state index in [0.29, 0.717) is 12.3 Å². The lowest BCUT2D eigenvalue weighted by Gasteiger charge is -2.18. The summed E-state index contributed by atoms with van der Waals surface area (Å²) >= 11 is 0. The summed E-state index contributed by atoms with van der Waals surface area (Å²) in [5, 5.41) is 10.1. The molecule has 1 aliphatic carbocycles. The second-order valence-electron chi connectivity index (χ2n) is 5.91. The fourth-order valence-electron chi connectivity index (χ4n) is 3.13. The fraction of sp³-hybridized carbons (Fsp3) is 0.588. The maximum absolute atomic E-state index is 12.2. The van der Waals surface area contributed by atoms with Crippen molar-refractivity contribution >= 4 is 5.78 Å². The third kappa shape index (κ3) is 4.17. The third-order valence-electron chi connectivity index (χ3n) is 4.21. The maximum atomic E-state index is 12.2. The molecule has 2 heteroatoms. The second kappa shape index (κ2) is 6.85. The summed E-state index contributed by atoms with van der Waals surface area (Å²) in [5.41, 5.74) is 0.753. The highest BCUT2D eigenvalue weighted by Gasteiger charge is 2.23. The molecule has 0 spiro atoms. The maximum Gasteiger partial charge on any atom is 0.165 e. The van der Waals surface area contributed by atoms with Gasteiger partial charge in [0.05, 0.1) is 6.10 Å². The van der Waals surface area contributed by atoms with E-state index in [1.807, 2.05) is 37.3 Å². The Labute approximate surface area is 115 Å². The summed E-state index contributed by atoms with van der Waals surface area (Å²) in [7, 11) is 0. The van der Waals surface area contributed by atoms with Gasteiger partial charge in [-0.15, -0.1) is 0 Å². The second-order valence-corrected chi connectivity index (χ2v) is 5.91. The van der Waals surface area contributed by atoms with Gasteiger partial charge in [0.15, 0.2) is 5.78 Å². The normalized spacial score (nSPS) is 19.3. The molecule has 0 saturated heterocycles. The van der Waals surface area contributed by atoms with Crippen LogP contribution in [-0.4, -0.2) is 17.0 Å². The first-order valence-electron chi connectivity index (χ1n) is 7.44. The molecule has 1 aromatic rings. The summed E-state index contributed by atoms with van der Waals surface area (Å²) in [4.78, 5) is 12.2. The van der Waals surface area contributed by atoms with Crippen LogP contribution in [0.5, 0.6) is 0 Å². The molecule has 1 aliphatic rings. The van der Waals surface area contributed by atoms with Crippen molar-refractivity contribution in [2.75, 3.05) is 0 Å². The van der Waals surface area contributed by atoms with Gasteiger partial charge in [0.2, 0.25) is 0 Å². The number of rotatable bonds is 6.